The van der Waals surface area contributed by atoms with Gasteiger partial charge in [-0.25, -0.2) is 4.52 Å². The van der Waals surface area contributed by atoms with Gasteiger partial charge in [-0.05, 0) is 13.8 Å². The van der Waals surface area contributed by atoms with Crippen molar-refractivity contribution in [3.05, 3.63) is 51.3 Å². The Bertz CT molecular complexity index is 777. The molecule has 0 unspecified atom stereocenters. The molecule has 0 saturated heterocycles. The summed E-state index contributed by atoms with van der Waals surface area (Å²) in [7, 11) is 0. The van der Waals surface area contributed by atoms with Crippen molar-refractivity contribution in [1.82, 2.24) is 14.6 Å². The van der Waals surface area contributed by atoms with E-state index in [0.29, 0.717) is 10.7 Å². The van der Waals surface area contributed by atoms with E-state index in [0.717, 1.165) is 11.3 Å². The van der Waals surface area contributed by atoms with E-state index < -0.39 is 0 Å². The molecular formula is C13H12BrN3OS. The van der Waals surface area contributed by atoms with Crippen molar-refractivity contribution in [2.45, 2.75) is 13.8 Å². The molecule has 0 bridgehead atoms. The number of nitrogens with zero attached hydrogens (tertiary/aromatic N) is 3. The van der Waals surface area contributed by atoms with Crippen LogP contribution < -0.4 is 5.56 Å². The number of rotatable bonds is 1. The predicted octanol–water partition coefficient (Wildman–Crippen LogP) is 3.01. The lowest BCUT2D eigenvalue weighted by atomic mass is 10.1. The number of benzene rings is 1. The van der Waals surface area contributed by atoms with E-state index in [2.05, 4.69) is 29.1 Å². The molecule has 0 aliphatic heterocycles. The normalized spacial score (nSPS) is 10.4. The first-order valence-electron chi connectivity index (χ1n) is 5.57. The van der Waals surface area contributed by atoms with E-state index in [9.17, 15) is 4.79 Å². The third kappa shape index (κ3) is 2.46. The van der Waals surface area contributed by atoms with Crippen molar-refractivity contribution in [3.8, 4) is 11.3 Å². The zero-order valence-electron chi connectivity index (χ0n) is 10.5. The van der Waals surface area contributed by atoms with Crippen LogP contribution in [0.5, 0.6) is 0 Å². The molecule has 6 heteroatoms. The van der Waals surface area contributed by atoms with Gasteiger partial charge in [0.25, 0.3) is 5.56 Å². The topological polar surface area (TPSA) is 47.3 Å². The molecule has 3 aromatic rings. The molecule has 0 atom stereocenters. The van der Waals surface area contributed by atoms with Gasteiger partial charge < -0.3 is 0 Å². The minimum atomic E-state index is -0.257. The maximum Gasteiger partial charge on any atom is 0.295 e. The molecule has 2 heterocycles. The van der Waals surface area contributed by atoms with E-state index in [4.69, 9.17) is 0 Å². The first-order chi connectivity index (χ1) is 8.65. The number of halogens is 1. The second-order valence-corrected chi connectivity index (χ2v) is 5.02. The number of thiazole rings is 1. The van der Waals surface area contributed by atoms with Gasteiger partial charge in [-0.1, -0.05) is 29.8 Å². The van der Waals surface area contributed by atoms with Crippen LogP contribution in [0.15, 0.2) is 34.4 Å². The van der Waals surface area contributed by atoms with Crippen molar-refractivity contribution in [2.75, 3.05) is 0 Å². The zero-order valence-corrected chi connectivity index (χ0v) is 13.0. The SMILES string of the molecule is Br.Cc1ccc(-c2csc3nc(=O)c(C)nn23)cc1. The highest BCUT2D eigenvalue weighted by molar-refractivity contribution is 8.93. The number of hydrogen-bond donors (Lipinski definition) is 0. The lowest BCUT2D eigenvalue weighted by Gasteiger charge is -2.02. The Hall–Kier alpha value is -1.53. The van der Waals surface area contributed by atoms with Gasteiger partial charge in [0.1, 0.15) is 5.69 Å². The van der Waals surface area contributed by atoms with Crippen molar-refractivity contribution >= 4 is 33.3 Å². The van der Waals surface area contributed by atoms with Gasteiger partial charge in [0.05, 0.1) is 5.69 Å². The monoisotopic (exact) mass is 337 g/mol. The molecule has 0 radical (unpaired) electrons. The molecule has 0 spiro atoms. The fourth-order valence-electron chi connectivity index (χ4n) is 1.76. The van der Waals surface area contributed by atoms with E-state index >= 15 is 0 Å². The summed E-state index contributed by atoms with van der Waals surface area (Å²) in [6, 6.07) is 8.21. The van der Waals surface area contributed by atoms with E-state index in [-0.39, 0.29) is 22.5 Å². The first-order valence-corrected chi connectivity index (χ1v) is 6.45. The fourth-order valence-corrected chi connectivity index (χ4v) is 2.58. The van der Waals surface area contributed by atoms with Crippen LogP contribution in [0.25, 0.3) is 16.2 Å². The van der Waals surface area contributed by atoms with Crippen molar-refractivity contribution in [2.24, 2.45) is 0 Å². The number of aromatic nitrogens is 3. The highest BCUT2D eigenvalue weighted by atomic mass is 79.9. The Morgan fingerprint density at radius 2 is 1.84 bits per heavy atom. The molecule has 1 aromatic carbocycles. The van der Waals surface area contributed by atoms with E-state index in [1.807, 2.05) is 17.5 Å². The Morgan fingerprint density at radius 1 is 1.16 bits per heavy atom. The van der Waals surface area contributed by atoms with Crippen LogP contribution in [0, 0.1) is 13.8 Å². The van der Waals surface area contributed by atoms with Crippen LogP contribution >= 0.6 is 28.3 Å². The molecule has 0 amide bonds. The van der Waals surface area contributed by atoms with Gasteiger partial charge in [0.2, 0.25) is 4.96 Å². The second kappa shape index (κ2) is 5.22. The molecule has 0 fully saturated rings. The van der Waals surface area contributed by atoms with Gasteiger partial charge >= 0.3 is 0 Å². The Morgan fingerprint density at radius 3 is 2.53 bits per heavy atom. The van der Waals surface area contributed by atoms with E-state index in [1.54, 1.807) is 11.4 Å². The minimum Gasteiger partial charge on any atom is -0.265 e. The predicted molar refractivity (Wildman–Crippen MR) is 82.4 cm³/mol. The molecule has 0 N–H and O–H groups in total. The van der Waals surface area contributed by atoms with Gasteiger partial charge in [0, 0.05) is 10.9 Å². The lowest BCUT2D eigenvalue weighted by molar-refractivity contribution is 0.867. The number of hydrogen-bond acceptors (Lipinski definition) is 4. The molecule has 98 valence electrons. The van der Waals surface area contributed by atoms with Crippen molar-refractivity contribution in [1.29, 1.82) is 0 Å². The quantitative estimate of drug-likeness (QED) is 0.685. The lowest BCUT2D eigenvalue weighted by Crippen LogP contribution is -2.14. The summed E-state index contributed by atoms with van der Waals surface area (Å²) in [5.74, 6) is 0. The maximum atomic E-state index is 11.4. The molecular weight excluding hydrogens is 326 g/mol. The summed E-state index contributed by atoms with van der Waals surface area (Å²) < 4.78 is 1.73. The zero-order chi connectivity index (χ0) is 12.7. The second-order valence-electron chi connectivity index (χ2n) is 4.18. The van der Waals surface area contributed by atoms with Gasteiger partial charge in [0.15, 0.2) is 0 Å². The molecule has 0 saturated carbocycles. The minimum absolute atomic E-state index is 0. The van der Waals surface area contributed by atoms with Crippen LogP contribution in [0.2, 0.25) is 0 Å². The van der Waals surface area contributed by atoms with Crippen molar-refractivity contribution < 1.29 is 0 Å². The van der Waals surface area contributed by atoms with Gasteiger partial charge in [-0.3, -0.25) is 4.79 Å². The Labute approximate surface area is 124 Å². The fraction of sp³-hybridized carbons (Fsp3) is 0.154. The number of aryl methyl sites for hydroxylation is 2. The first kappa shape index (κ1) is 13.9. The standard InChI is InChI=1S/C13H11N3OS.BrH/c1-8-3-5-10(6-4-8)11-7-18-13-14-12(17)9(2)15-16(11)13;/h3-7H,1-2H3;1H. The average molecular weight is 338 g/mol. The third-order valence-corrected chi connectivity index (χ3v) is 3.61. The smallest absolute Gasteiger partial charge is 0.265 e. The van der Waals surface area contributed by atoms with Gasteiger partial charge in [-0.2, -0.15) is 10.1 Å². The summed E-state index contributed by atoms with van der Waals surface area (Å²) in [5, 5.41) is 6.26. The Kier molecular flexibility index (Phi) is 3.82. The van der Waals surface area contributed by atoms with Gasteiger partial charge in [-0.15, -0.1) is 28.3 Å². The average Bonchev–Trinajstić information content (AvgIpc) is 2.74. The number of fused-ring (bicyclic) bond motifs is 1. The maximum absolute atomic E-state index is 11.4. The summed E-state index contributed by atoms with van der Waals surface area (Å²) in [6.07, 6.45) is 0. The molecule has 19 heavy (non-hydrogen) atoms. The van der Waals surface area contributed by atoms with Crippen LogP contribution in [-0.4, -0.2) is 14.6 Å². The summed E-state index contributed by atoms with van der Waals surface area (Å²) in [6.45, 7) is 3.73. The highest BCUT2D eigenvalue weighted by Gasteiger charge is 2.09. The summed E-state index contributed by atoms with van der Waals surface area (Å²) >= 11 is 1.43. The summed E-state index contributed by atoms with van der Waals surface area (Å²) in [5.41, 5.74) is 3.41. The third-order valence-electron chi connectivity index (χ3n) is 2.79. The van der Waals surface area contributed by atoms with Crippen LogP contribution in [0.3, 0.4) is 0 Å². The molecule has 0 aliphatic carbocycles. The molecule has 0 aliphatic rings. The molecule has 3 rings (SSSR count). The summed E-state index contributed by atoms with van der Waals surface area (Å²) in [4.78, 5) is 16.1. The largest absolute Gasteiger partial charge is 0.295 e. The Balaban J connectivity index is 0.00000133. The van der Waals surface area contributed by atoms with Crippen LogP contribution in [-0.2, 0) is 0 Å². The van der Waals surface area contributed by atoms with Crippen LogP contribution in [0.1, 0.15) is 11.3 Å². The van der Waals surface area contributed by atoms with Crippen LogP contribution in [0.4, 0.5) is 0 Å². The molecule has 4 nitrogen and oxygen atoms in total. The highest BCUT2D eigenvalue weighted by Crippen LogP contribution is 2.23. The van der Waals surface area contributed by atoms with Crippen molar-refractivity contribution in [3.63, 3.8) is 0 Å². The molecule has 2 aromatic heterocycles. The van der Waals surface area contributed by atoms with E-state index in [1.165, 1.54) is 16.9 Å².